The van der Waals surface area contributed by atoms with Crippen molar-refractivity contribution < 1.29 is 19.1 Å². The molecule has 0 unspecified atom stereocenters. The number of carbonyl (C=O) groups is 3. The minimum Gasteiger partial charge on any atom is -0.431 e. The molecule has 2 aliphatic rings. The van der Waals surface area contributed by atoms with E-state index in [-0.39, 0.29) is 23.5 Å². The van der Waals surface area contributed by atoms with Crippen LogP contribution in [0.5, 0.6) is 0 Å². The number of fused-ring (bicyclic) bond motifs is 3. The number of allylic oxidation sites excluding steroid dienone is 2. The molecule has 4 nitrogen and oxygen atoms in total. The van der Waals surface area contributed by atoms with Crippen molar-refractivity contribution in [3.8, 4) is 0 Å². The van der Waals surface area contributed by atoms with E-state index in [2.05, 4.69) is 0 Å². The standard InChI is InChI=1S/C28H22O4/c1-17-16-22-20-14-8-9-15-21(20)23(24(22)28(31)32-17)25(26(29)18-10-4-2-5-11-18)27(30)19-12-6-3-7-13-19/h2-16,22-25H,1H3/t22-,23+,24-/m0/s1. The summed E-state index contributed by atoms with van der Waals surface area (Å²) in [6, 6.07) is 25.4. The summed E-state index contributed by atoms with van der Waals surface area (Å²) in [5.41, 5.74) is 2.76. The van der Waals surface area contributed by atoms with Gasteiger partial charge in [0.2, 0.25) is 0 Å². The molecule has 1 aliphatic heterocycles. The van der Waals surface area contributed by atoms with Crippen molar-refractivity contribution in [2.45, 2.75) is 18.8 Å². The van der Waals surface area contributed by atoms with Gasteiger partial charge in [-0.2, -0.15) is 0 Å². The van der Waals surface area contributed by atoms with E-state index < -0.39 is 17.8 Å². The lowest BCUT2D eigenvalue weighted by atomic mass is 9.72. The van der Waals surface area contributed by atoms with Gasteiger partial charge in [0.1, 0.15) is 5.76 Å². The SMILES string of the molecule is CC1=C[C@H]2c3ccccc3[C@@H](C(C(=O)c3ccccc3)C(=O)c3ccccc3)[C@H]2C(=O)O1. The number of hydrogen-bond donors (Lipinski definition) is 0. The van der Waals surface area contributed by atoms with Crippen molar-refractivity contribution in [3.05, 3.63) is 119 Å². The third-order valence-electron chi connectivity index (χ3n) is 6.48. The van der Waals surface area contributed by atoms with Gasteiger partial charge in [0.05, 0.1) is 11.8 Å². The largest absolute Gasteiger partial charge is 0.431 e. The number of ketones is 2. The lowest BCUT2D eigenvalue weighted by Crippen LogP contribution is -2.37. The molecular weight excluding hydrogens is 400 g/mol. The second-order valence-electron chi connectivity index (χ2n) is 8.34. The van der Waals surface area contributed by atoms with Crippen LogP contribution in [0.25, 0.3) is 0 Å². The van der Waals surface area contributed by atoms with Gasteiger partial charge in [-0.15, -0.1) is 0 Å². The van der Waals surface area contributed by atoms with Gasteiger partial charge in [-0.05, 0) is 24.1 Å². The maximum absolute atomic E-state index is 13.8. The van der Waals surface area contributed by atoms with Gasteiger partial charge < -0.3 is 4.74 Å². The van der Waals surface area contributed by atoms with Crippen molar-refractivity contribution >= 4 is 17.5 Å². The molecule has 0 radical (unpaired) electrons. The van der Waals surface area contributed by atoms with Crippen LogP contribution < -0.4 is 0 Å². The summed E-state index contributed by atoms with van der Waals surface area (Å²) in [5, 5.41) is 0. The normalized spacial score (nSPS) is 21.4. The van der Waals surface area contributed by atoms with E-state index in [1.807, 2.05) is 42.5 Å². The van der Waals surface area contributed by atoms with E-state index in [0.717, 1.165) is 11.1 Å². The smallest absolute Gasteiger partial charge is 0.315 e. The van der Waals surface area contributed by atoms with Crippen molar-refractivity contribution in [2.24, 2.45) is 11.8 Å². The summed E-state index contributed by atoms with van der Waals surface area (Å²) >= 11 is 0. The number of ether oxygens (including phenoxy) is 1. The van der Waals surface area contributed by atoms with Crippen molar-refractivity contribution in [1.29, 1.82) is 0 Å². The molecule has 158 valence electrons. The maximum atomic E-state index is 13.8. The van der Waals surface area contributed by atoms with Crippen LogP contribution in [0.3, 0.4) is 0 Å². The van der Waals surface area contributed by atoms with Gasteiger partial charge in [-0.3, -0.25) is 14.4 Å². The highest BCUT2D eigenvalue weighted by Gasteiger charge is 2.53. The Morgan fingerprint density at radius 1 is 0.750 bits per heavy atom. The molecule has 1 aliphatic carbocycles. The van der Waals surface area contributed by atoms with Crippen LogP contribution in [0.1, 0.15) is 50.6 Å². The van der Waals surface area contributed by atoms with E-state index in [0.29, 0.717) is 16.9 Å². The Hall–Kier alpha value is -3.79. The molecular formula is C28H22O4. The quantitative estimate of drug-likeness (QED) is 0.317. The molecule has 0 saturated carbocycles. The fourth-order valence-electron chi connectivity index (χ4n) is 5.12. The maximum Gasteiger partial charge on any atom is 0.315 e. The Morgan fingerprint density at radius 3 is 1.81 bits per heavy atom. The van der Waals surface area contributed by atoms with Crippen LogP contribution in [0.15, 0.2) is 96.8 Å². The molecule has 0 fully saturated rings. The van der Waals surface area contributed by atoms with Crippen LogP contribution >= 0.6 is 0 Å². The summed E-state index contributed by atoms with van der Waals surface area (Å²) in [5.74, 6) is -2.87. The molecule has 3 aromatic rings. The Bertz CT molecular complexity index is 1180. The van der Waals surface area contributed by atoms with Gasteiger partial charge in [0, 0.05) is 23.0 Å². The van der Waals surface area contributed by atoms with Crippen molar-refractivity contribution in [1.82, 2.24) is 0 Å². The Labute approximate surface area is 186 Å². The van der Waals surface area contributed by atoms with Crippen LogP contribution in [0, 0.1) is 11.8 Å². The topological polar surface area (TPSA) is 60.4 Å². The van der Waals surface area contributed by atoms with Crippen molar-refractivity contribution in [3.63, 3.8) is 0 Å². The van der Waals surface area contributed by atoms with Crippen LogP contribution in [-0.4, -0.2) is 17.5 Å². The average molecular weight is 422 g/mol. The third-order valence-corrected chi connectivity index (χ3v) is 6.48. The van der Waals surface area contributed by atoms with E-state index >= 15 is 0 Å². The number of esters is 1. The first-order valence-electron chi connectivity index (χ1n) is 10.7. The molecule has 4 heteroatoms. The van der Waals surface area contributed by atoms with Crippen LogP contribution in [-0.2, 0) is 9.53 Å². The summed E-state index contributed by atoms with van der Waals surface area (Å²) in [7, 11) is 0. The fraction of sp³-hybridized carbons (Fsp3) is 0.179. The lowest BCUT2D eigenvalue weighted by molar-refractivity contribution is -0.146. The first-order valence-corrected chi connectivity index (χ1v) is 10.7. The first-order chi connectivity index (χ1) is 15.6. The number of carbonyl (C=O) groups excluding carboxylic acids is 3. The Balaban J connectivity index is 1.69. The lowest BCUT2D eigenvalue weighted by Gasteiger charge is -2.30. The minimum atomic E-state index is -1.03. The van der Waals surface area contributed by atoms with Gasteiger partial charge >= 0.3 is 5.97 Å². The zero-order valence-corrected chi connectivity index (χ0v) is 17.6. The summed E-state index contributed by atoms with van der Waals surface area (Å²) in [6.07, 6.45) is 1.93. The number of rotatable bonds is 5. The highest BCUT2D eigenvalue weighted by molar-refractivity contribution is 6.17. The third kappa shape index (κ3) is 3.28. The van der Waals surface area contributed by atoms with E-state index in [1.54, 1.807) is 55.5 Å². The molecule has 0 saturated heterocycles. The molecule has 1 heterocycles. The van der Waals surface area contributed by atoms with Gasteiger partial charge in [0.25, 0.3) is 0 Å². The first kappa shape index (κ1) is 20.1. The monoisotopic (exact) mass is 422 g/mol. The second-order valence-corrected chi connectivity index (χ2v) is 8.34. The molecule has 5 rings (SSSR count). The van der Waals surface area contributed by atoms with Crippen LogP contribution in [0.2, 0.25) is 0 Å². The molecule has 3 atom stereocenters. The molecule has 3 aromatic carbocycles. The van der Waals surface area contributed by atoms with Crippen molar-refractivity contribution in [2.75, 3.05) is 0 Å². The second kappa shape index (κ2) is 8.04. The summed E-state index contributed by atoms with van der Waals surface area (Å²) in [4.78, 5) is 40.7. The zero-order chi connectivity index (χ0) is 22.2. The molecule has 0 N–H and O–H groups in total. The summed E-state index contributed by atoms with van der Waals surface area (Å²) in [6.45, 7) is 1.76. The minimum absolute atomic E-state index is 0.216. The van der Waals surface area contributed by atoms with Gasteiger partial charge in [-0.25, -0.2) is 0 Å². The molecule has 0 bridgehead atoms. The predicted molar refractivity (Wildman–Crippen MR) is 120 cm³/mol. The average Bonchev–Trinajstić information content (AvgIpc) is 3.15. The highest BCUT2D eigenvalue weighted by Crippen LogP contribution is 2.54. The van der Waals surface area contributed by atoms with E-state index in [1.165, 1.54) is 0 Å². The zero-order valence-electron chi connectivity index (χ0n) is 17.6. The molecule has 0 aromatic heterocycles. The molecule has 0 amide bonds. The van der Waals surface area contributed by atoms with E-state index in [9.17, 15) is 14.4 Å². The number of Topliss-reactive ketones (excluding diaryl/α,β-unsaturated/α-hetero) is 2. The molecule has 32 heavy (non-hydrogen) atoms. The fourth-order valence-corrected chi connectivity index (χ4v) is 5.12. The predicted octanol–water partition coefficient (Wildman–Crippen LogP) is 5.33. The van der Waals surface area contributed by atoms with Crippen LogP contribution in [0.4, 0.5) is 0 Å². The van der Waals surface area contributed by atoms with E-state index in [4.69, 9.17) is 4.74 Å². The number of hydrogen-bond acceptors (Lipinski definition) is 4. The highest BCUT2D eigenvalue weighted by atomic mass is 16.5. The number of benzene rings is 3. The number of cyclic esters (lactones) is 1. The Morgan fingerprint density at radius 2 is 1.25 bits per heavy atom. The molecule has 0 spiro atoms. The summed E-state index contributed by atoms with van der Waals surface area (Å²) < 4.78 is 5.48. The Kier molecular flexibility index (Phi) is 5.06. The van der Waals surface area contributed by atoms with Gasteiger partial charge in [0.15, 0.2) is 11.6 Å². The van der Waals surface area contributed by atoms with Gasteiger partial charge in [-0.1, -0.05) is 84.9 Å².